The summed E-state index contributed by atoms with van der Waals surface area (Å²) in [4.78, 5) is 0. The van der Waals surface area contributed by atoms with Crippen LogP contribution in [0.2, 0.25) is 0 Å². The summed E-state index contributed by atoms with van der Waals surface area (Å²) in [6.45, 7) is -1.46. The van der Waals surface area contributed by atoms with E-state index in [4.69, 9.17) is 4.74 Å². The van der Waals surface area contributed by atoms with E-state index < -0.39 is 18.3 Å². The first kappa shape index (κ1) is 18.2. The molecule has 0 fully saturated rings. The standard InChI is InChI=1S/C11H12BF4O.K/c1-8(2)5-6-17-11-7-9(12(14,15)16)3-4-10(11)13;/h3-5,7H,6H2,1-2H3;/q-1;+1. The van der Waals surface area contributed by atoms with Crippen molar-refractivity contribution in [1.82, 2.24) is 0 Å². The van der Waals surface area contributed by atoms with E-state index in [1.54, 1.807) is 6.08 Å². The largest absolute Gasteiger partial charge is 1.00 e. The van der Waals surface area contributed by atoms with Gasteiger partial charge in [0.1, 0.15) is 6.61 Å². The summed E-state index contributed by atoms with van der Waals surface area (Å²) >= 11 is 0. The smallest absolute Gasteiger partial charge is 0.487 e. The van der Waals surface area contributed by atoms with E-state index in [1.165, 1.54) is 0 Å². The molecule has 7 heteroatoms. The summed E-state index contributed by atoms with van der Waals surface area (Å²) in [6.07, 6.45) is 1.66. The van der Waals surface area contributed by atoms with Crippen LogP contribution in [0.1, 0.15) is 13.8 Å². The van der Waals surface area contributed by atoms with Crippen LogP contribution in [0.15, 0.2) is 29.8 Å². The van der Waals surface area contributed by atoms with Gasteiger partial charge in [-0.1, -0.05) is 11.6 Å². The monoisotopic (exact) mass is 286 g/mol. The Morgan fingerprint density at radius 1 is 1.28 bits per heavy atom. The first-order valence-electron chi connectivity index (χ1n) is 5.06. The van der Waals surface area contributed by atoms with Crippen molar-refractivity contribution in [3.63, 3.8) is 0 Å². The molecule has 94 valence electrons. The zero-order valence-electron chi connectivity index (χ0n) is 10.5. The summed E-state index contributed by atoms with van der Waals surface area (Å²) in [5.41, 5.74) is 0.0835. The molecule has 0 amide bonds. The molecule has 0 N–H and O–H groups in total. The molecule has 18 heavy (non-hydrogen) atoms. The zero-order valence-corrected chi connectivity index (χ0v) is 13.6. The van der Waals surface area contributed by atoms with Gasteiger partial charge in [-0.25, -0.2) is 4.39 Å². The molecule has 0 atom stereocenters. The van der Waals surface area contributed by atoms with Gasteiger partial charge in [-0.05, 0) is 32.1 Å². The second kappa shape index (κ2) is 7.69. The van der Waals surface area contributed by atoms with E-state index in [9.17, 15) is 17.3 Å². The molecule has 0 aliphatic carbocycles. The Kier molecular flexibility index (Phi) is 7.77. The number of halogens is 4. The van der Waals surface area contributed by atoms with Crippen molar-refractivity contribution in [3.05, 3.63) is 35.7 Å². The molecule has 0 aromatic heterocycles. The quantitative estimate of drug-likeness (QED) is 0.437. The van der Waals surface area contributed by atoms with E-state index in [0.717, 1.165) is 11.6 Å². The SMILES string of the molecule is CC(C)=CCOc1cc([B-](F)(F)F)ccc1F.[K+]. The van der Waals surface area contributed by atoms with Gasteiger partial charge in [0.15, 0.2) is 11.6 Å². The number of hydrogen-bond acceptors (Lipinski definition) is 1. The summed E-state index contributed by atoms with van der Waals surface area (Å²) in [7, 11) is 0. The van der Waals surface area contributed by atoms with Crippen LogP contribution in [0.25, 0.3) is 0 Å². The molecule has 0 aliphatic heterocycles. The Morgan fingerprint density at radius 3 is 2.39 bits per heavy atom. The average molecular weight is 286 g/mol. The van der Waals surface area contributed by atoms with Crippen molar-refractivity contribution < 1.29 is 73.5 Å². The second-order valence-electron chi connectivity index (χ2n) is 3.86. The Labute approximate surface area is 146 Å². The van der Waals surface area contributed by atoms with E-state index in [-0.39, 0.29) is 63.7 Å². The number of allylic oxidation sites excluding steroid dienone is 1. The van der Waals surface area contributed by atoms with Crippen LogP contribution in [-0.2, 0) is 0 Å². The number of ether oxygens (including phenoxy) is 1. The second-order valence-corrected chi connectivity index (χ2v) is 3.86. The maximum absolute atomic E-state index is 13.2. The predicted octanol–water partition coefficient (Wildman–Crippen LogP) is 0.229. The molecular formula is C11H12BF4KO. The normalized spacial score (nSPS) is 10.6. The van der Waals surface area contributed by atoms with Gasteiger partial charge >= 0.3 is 58.4 Å². The van der Waals surface area contributed by atoms with Crippen molar-refractivity contribution in [1.29, 1.82) is 0 Å². The van der Waals surface area contributed by atoms with Crippen molar-refractivity contribution >= 4 is 12.4 Å². The van der Waals surface area contributed by atoms with Gasteiger partial charge in [0.25, 0.3) is 0 Å². The molecule has 0 saturated carbocycles. The van der Waals surface area contributed by atoms with Crippen molar-refractivity contribution in [2.45, 2.75) is 13.8 Å². The molecule has 1 aromatic carbocycles. The Bertz CT molecular complexity index is 428. The van der Waals surface area contributed by atoms with Crippen molar-refractivity contribution in [2.24, 2.45) is 0 Å². The van der Waals surface area contributed by atoms with Gasteiger partial charge in [0.2, 0.25) is 0 Å². The van der Waals surface area contributed by atoms with Gasteiger partial charge < -0.3 is 17.7 Å². The van der Waals surface area contributed by atoms with Gasteiger partial charge in [0.05, 0.1) is 0 Å². The third-order valence-electron chi connectivity index (χ3n) is 2.06. The summed E-state index contributed by atoms with van der Waals surface area (Å²) in [5, 5.41) is 0. The van der Waals surface area contributed by atoms with Crippen LogP contribution < -0.4 is 61.6 Å². The fourth-order valence-electron chi connectivity index (χ4n) is 1.13. The van der Waals surface area contributed by atoms with E-state index >= 15 is 0 Å². The predicted molar refractivity (Wildman–Crippen MR) is 60.0 cm³/mol. The number of benzene rings is 1. The van der Waals surface area contributed by atoms with Gasteiger partial charge in [-0.2, -0.15) is 0 Å². The van der Waals surface area contributed by atoms with Crippen LogP contribution in [0.5, 0.6) is 5.75 Å². The van der Waals surface area contributed by atoms with Crippen LogP contribution >= 0.6 is 0 Å². The third kappa shape index (κ3) is 5.88. The molecule has 0 spiro atoms. The van der Waals surface area contributed by atoms with E-state index in [1.807, 2.05) is 13.8 Å². The van der Waals surface area contributed by atoms with Crippen LogP contribution in [-0.4, -0.2) is 13.6 Å². The Hall–Kier alpha value is 0.181. The summed E-state index contributed by atoms with van der Waals surface area (Å²) in [6, 6.07) is 2.17. The van der Waals surface area contributed by atoms with Gasteiger partial charge in [-0.15, -0.1) is 5.46 Å². The topological polar surface area (TPSA) is 9.23 Å². The molecule has 0 unspecified atom stereocenters. The summed E-state index contributed by atoms with van der Waals surface area (Å²) in [5.74, 6) is -1.17. The fourth-order valence-corrected chi connectivity index (χ4v) is 1.13. The zero-order chi connectivity index (χ0) is 13.1. The minimum absolute atomic E-state index is 0. The number of rotatable bonds is 4. The molecule has 0 bridgehead atoms. The van der Waals surface area contributed by atoms with E-state index in [0.29, 0.717) is 12.1 Å². The molecular weight excluding hydrogens is 274 g/mol. The van der Waals surface area contributed by atoms with E-state index in [2.05, 4.69) is 0 Å². The minimum atomic E-state index is -5.13. The molecule has 1 aromatic rings. The van der Waals surface area contributed by atoms with Gasteiger partial charge in [-0.3, -0.25) is 0 Å². The average Bonchev–Trinajstić information content (AvgIpc) is 2.18. The molecule has 1 rings (SSSR count). The molecule has 0 aliphatic rings. The van der Waals surface area contributed by atoms with Crippen LogP contribution in [0, 0.1) is 5.82 Å². The molecule has 0 radical (unpaired) electrons. The first-order chi connectivity index (χ1) is 7.80. The maximum atomic E-state index is 13.2. The number of hydrogen-bond donors (Lipinski definition) is 0. The van der Waals surface area contributed by atoms with Gasteiger partial charge in [0, 0.05) is 0 Å². The van der Waals surface area contributed by atoms with Crippen LogP contribution in [0.4, 0.5) is 17.3 Å². The molecule has 0 heterocycles. The molecule has 1 nitrogen and oxygen atoms in total. The Morgan fingerprint density at radius 2 is 1.89 bits per heavy atom. The van der Waals surface area contributed by atoms with Crippen LogP contribution in [0.3, 0.4) is 0 Å². The Balaban J connectivity index is 0.00000289. The third-order valence-corrected chi connectivity index (χ3v) is 2.06. The van der Waals surface area contributed by atoms with Crippen molar-refractivity contribution in [3.8, 4) is 5.75 Å². The summed E-state index contributed by atoms with van der Waals surface area (Å²) < 4.78 is 55.4. The maximum Gasteiger partial charge on any atom is 1.00 e. The fraction of sp³-hybridized carbons (Fsp3) is 0.273. The minimum Gasteiger partial charge on any atom is -0.487 e. The molecule has 0 saturated heterocycles. The first-order valence-corrected chi connectivity index (χ1v) is 5.06. The van der Waals surface area contributed by atoms with Crippen molar-refractivity contribution in [2.75, 3.05) is 6.61 Å².